The van der Waals surface area contributed by atoms with Crippen LogP contribution in [0.15, 0.2) is 87.3 Å². The first-order chi connectivity index (χ1) is 16.1. The average molecular weight is 544 g/mol. The van der Waals surface area contributed by atoms with Gasteiger partial charge in [0.15, 0.2) is 0 Å². The van der Waals surface area contributed by atoms with Crippen molar-refractivity contribution in [3.05, 3.63) is 88.4 Å². The van der Waals surface area contributed by atoms with Crippen LogP contribution in [0.25, 0.3) is 0 Å². The third-order valence-electron chi connectivity index (χ3n) is 4.65. The van der Waals surface area contributed by atoms with E-state index in [0.717, 1.165) is 21.2 Å². The van der Waals surface area contributed by atoms with Crippen LogP contribution < -0.4 is 14.5 Å². The fraction of sp³-hybridized carbons (Fsp3) is 0.200. The van der Waals surface area contributed by atoms with E-state index in [1.165, 1.54) is 18.3 Å². The van der Waals surface area contributed by atoms with E-state index in [9.17, 15) is 13.2 Å². The Hall–Kier alpha value is -3.17. The number of sulfonamides is 1. The lowest BCUT2D eigenvalue weighted by molar-refractivity contribution is -0.119. The number of nitrogens with one attached hydrogen (secondary N) is 1. The molecule has 0 bridgehead atoms. The molecule has 0 heterocycles. The molecule has 0 aliphatic heterocycles. The highest BCUT2D eigenvalue weighted by Crippen LogP contribution is 2.26. The van der Waals surface area contributed by atoms with Crippen LogP contribution in [0.3, 0.4) is 0 Å². The lowest BCUT2D eigenvalue weighted by atomic mass is 10.2. The summed E-state index contributed by atoms with van der Waals surface area (Å²) in [6.07, 6.45) is 1.55. The van der Waals surface area contributed by atoms with Crippen molar-refractivity contribution in [2.24, 2.45) is 5.10 Å². The van der Waals surface area contributed by atoms with Crippen LogP contribution in [0, 0.1) is 6.92 Å². The predicted molar refractivity (Wildman–Crippen MR) is 138 cm³/mol. The van der Waals surface area contributed by atoms with Gasteiger partial charge in [-0.1, -0.05) is 39.7 Å². The Balaban J connectivity index is 1.76. The molecular weight excluding hydrogens is 518 g/mol. The Morgan fingerprint density at radius 1 is 1.09 bits per heavy atom. The summed E-state index contributed by atoms with van der Waals surface area (Å²) in [6, 6.07) is 20.5. The quantitative estimate of drug-likeness (QED) is 0.307. The maximum atomic E-state index is 13.4. The summed E-state index contributed by atoms with van der Waals surface area (Å²) in [5, 5.41) is 3.97. The molecule has 0 saturated carbocycles. The van der Waals surface area contributed by atoms with Crippen LogP contribution in [-0.4, -0.2) is 33.2 Å². The van der Waals surface area contributed by atoms with E-state index in [2.05, 4.69) is 26.5 Å². The number of carbonyl (C=O) groups is 1. The summed E-state index contributed by atoms with van der Waals surface area (Å²) in [6.45, 7) is 5.33. The molecule has 0 aliphatic carbocycles. The third-order valence-corrected chi connectivity index (χ3v) is 6.93. The molecule has 7 nitrogen and oxygen atoms in total. The van der Waals surface area contributed by atoms with Gasteiger partial charge >= 0.3 is 0 Å². The van der Waals surface area contributed by atoms with E-state index >= 15 is 0 Å². The monoisotopic (exact) mass is 543 g/mol. The van der Waals surface area contributed by atoms with Crippen molar-refractivity contribution in [3.63, 3.8) is 0 Å². The van der Waals surface area contributed by atoms with Gasteiger partial charge in [-0.25, -0.2) is 13.8 Å². The van der Waals surface area contributed by atoms with Gasteiger partial charge in [0.2, 0.25) is 0 Å². The maximum absolute atomic E-state index is 13.4. The van der Waals surface area contributed by atoms with Gasteiger partial charge in [0, 0.05) is 4.47 Å². The molecule has 3 aromatic rings. The highest BCUT2D eigenvalue weighted by atomic mass is 79.9. The normalized spacial score (nSPS) is 11.6. The van der Waals surface area contributed by atoms with Gasteiger partial charge < -0.3 is 4.74 Å². The van der Waals surface area contributed by atoms with Crippen LogP contribution in [0.1, 0.15) is 25.0 Å². The Bertz CT molecular complexity index is 1260. The zero-order chi connectivity index (χ0) is 24.7. The van der Waals surface area contributed by atoms with Gasteiger partial charge in [-0.2, -0.15) is 5.10 Å². The molecule has 0 radical (unpaired) electrons. The number of hydrazone groups is 1. The van der Waals surface area contributed by atoms with Crippen molar-refractivity contribution in [2.75, 3.05) is 10.8 Å². The highest BCUT2D eigenvalue weighted by Gasteiger charge is 2.27. The van der Waals surface area contributed by atoms with E-state index in [1.54, 1.807) is 36.4 Å². The summed E-state index contributed by atoms with van der Waals surface area (Å²) >= 11 is 3.36. The molecule has 0 saturated heterocycles. The zero-order valence-electron chi connectivity index (χ0n) is 19.1. The molecule has 3 aromatic carbocycles. The molecule has 34 heavy (non-hydrogen) atoms. The smallest absolute Gasteiger partial charge is 0.264 e. The summed E-state index contributed by atoms with van der Waals surface area (Å²) in [4.78, 5) is 12.7. The minimum atomic E-state index is -3.99. The Kier molecular flexibility index (Phi) is 8.46. The van der Waals surface area contributed by atoms with E-state index in [0.29, 0.717) is 10.2 Å². The van der Waals surface area contributed by atoms with Crippen molar-refractivity contribution in [3.8, 4) is 5.75 Å². The molecule has 3 rings (SSSR count). The van der Waals surface area contributed by atoms with Crippen LogP contribution in [0.5, 0.6) is 5.75 Å². The maximum Gasteiger partial charge on any atom is 0.264 e. The fourth-order valence-corrected chi connectivity index (χ4v) is 4.83. The van der Waals surface area contributed by atoms with Crippen molar-refractivity contribution in [1.29, 1.82) is 0 Å². The minimum absolute atomic E-state index is 0.0724. The van der Waals surface area contributed by atoms with E-state index in [-0.39, 0.29) is 11.0 Å². The van der Waals surface area contributed by atoms with E-state index in [4.69, 9.17) is 4.74 Å². The number of hydrogen-bond acceptors (Lipinski definition) is 5. The van der Waals surface area contributed by atoms with Gasteiger partial charge in [-0.15, -0.1) is 0 Å². The topological polar surface area (TPSA) is 88.1 Å². The summed E-state index contributed by atoms with van der Waals surface area (Å²) < 4.78 is 34.1. The van der Waals surface area contributed by atoms with E-state index < -0.39 is 22.5 Å². The van der Waals surface area contributed by atoms with E-state index in [1.807, 2.05) is 45.0 Å². The largest absolute Gasteiger partial charge is 0.491 e. The number of halogens is 1. The first-order valence-electron chi connectivity index (χ1n) is 10.6. The molecule has 0 atom stereocenters. The number of aryl methyl sites for hydroxylation is 1. The number of hydrogen-bond donors (Lipinski definition) is 1. The Morgan fingerprint density at radius 3 is 2.38 bits per heavy atom. The van der Waals surface area contributed by atoms with Crippen molar-refractivity contribution in [1.82, 2.24) is 5.43 Å². The molecule has 0 fully saturated rings. The van der Waals surface area contributed by atoms with Gasteiger partial charge in [-0.3, -0.25) is 9.10 Å². The lowest BCUT2D eigenvalue weighted by Gasteiger charge is -2.24. The van der Waals surface area contributed by atoms with Gasteiger partial charge in [0.25, 0.3) is 15.9 Å². The molecule has 178 valence electrons. The Labute approximate surface area is 208 Å². The molecule has 0 aliphatic rings. The number of nitrogens with zero attached hydrogens (tertiary/aromatic N) is 2. The first-order valence-corrected chi connectivity index (χ1v) is 12.8. The minimum Gasteiger partial charge on any atom is -0.491 e. The fourth-order valence-electron chi connectivity index (χ4n) is 3.03. The molecular formula is C25H26BrN3O4S. The molecule has 0 aromatic heterocycles. The molecule has 1 N–H and O–H groups in total. The summed E-state index contributed by atoms with van der Waals surface area (Å²) in [5.41, 5.74) is 4.45. The molecule has 9 heteroatoms. The van der Waals surface area contributed by atoms with Crippen molar-refractivity contribution >= 4 is 43.8 Å². The van der Waals surface area contributed by atoms with Gasteiger partial charge in [-0.05, 0) is 80.9 Å². The number of anilines is 1. The summed E-state index contributed by atoms with van der Waals surface area (Å²) in [7, 11) is -3.99. The van der Waals surface area contributed by atoms with Crippen LogP contribution in [-0.2, 0) is 14.8 Å². The predicted octanol–water partition coefficient (Wildman–Crippen LogP) is 4.89. The number of rotatable bonds is 9. The lowest BCUT2D eigenvalue weighted by Crippen LogP contribution is -2.39. The van der Waals surface area contributed by atoms with Gasteiger partial charge in [0.1, 0.15) is 12.3 Å². The van der Waals surface area contributed by atoms with Crippen molar-refractivity contribution in [2.45, 2.75) is 31.8 Å². The standard InChI is InChI=1S/C25H26BrN3O4S/c1-18(2)33-23-11-9-20(10-12-23)16-27-28-25(30)17-29(22-6-4-5-21(26)15-22)34(31,32)24-13-7-19(3)8-14-24/h4-16,18H,17H2,1-3H3,(H,28,30)/b27-16+. The second-order valence-corrected chi connectivity index (χ2v) is 10.6. The number of amides is 1. The number of benzene rings is 3. The highest BCUT2D eigenvalue weighted by molar-refractivity contribution is 9.10. The zero-order valence-corrected chi connectivity index (χ0v) is 21.5. The van der Waals surface area contributed by atoms with Gasteiger partial charge in [0.05, 0.1) is 22.9 Å². The average Bonchev–Trinajstić information content (AvgIpc) is 2.78. The number of ether oxygens (including phenoxy) is 1. The SMILES string of the molecule is Cc1ccc(S(=O)(=O)N(CC(=O)N/N=C/c2ccc(OC(C)C)cc2)c2cccc(Br)c2)cc1. The Morgan fingerprint density at radius 2 is 1.76 bits per heavy atom. The third kappa shape index (κ3) is 6.91. The second-order valence-electron chi connectivity index (χ2n) is 7.83. The number of carbonyl (C=O) groups excluding carboxylic acids is 1. The summed E-state index contributed by atoms with van der Waals surface area (Å²) in [5.74, 6) is 0.161. The molecule has 1 amide bonds. The first kappa shape index (κ1) is 25.5. The van der Waals surface area contributed by atoms with Crippen LogP contribution in [0.4, 0.5) is 5.69 Å². The van der Waals surface area contributed by atoms with Crippen molar-refractivity contribution < 1.29 is 17.9 Å². The molecule has 0 spiro atoms. The van der Waals surface area contributed by atoms with Crippen LogP contribution in [0.2, 0.25) is 0 Å². The molecule has 0 unspecified atom stereocenters. The van der Waals surface area contributed by atoms with Crippen LogP contribution >= 0.6 is 15.9 Å². The second kappa shape index (κ2) is 11.3.